The molecule has 1 rings (SSSR count). The summed E-state index contributed by atoms with van der Waals surface area (Å²) in [7, 11) is 0. The summed E-state index contributed by atoms with van der Waals surface area (Å²) in [6.45, 7) is 6.36. The molecule has 0 aromatic heterocycles. The first-order chi connectivity index (χ1) is 8.38. The summed E-state index contributed by atoms with van der Waals surface area (Å²) < 4.78 is 0. The zero-order valence-corrected chi connectivity index (χ0v) is 11.5. The second-order valence-electron chi connectivity index (χ2n) is 5.73. The fourth-order valence-corrected chi connectivity index (χ4v) is 2.43. The maximum atomic E-state index is 12.0. The second-order valence-corrected chi connectivity index (χ2v) is 5.73. The third-order valence-electron chi connectivity index (χ3n) is 3.22. The van der Waals surface area contributed by atoms with Crippen LogP contribution < -0.4 is 5.32 Å². The fraction of sp³-hybridized carbons (Fsp3) is 0.846. The number of rotatable bonds is 5. The van der Waals surface area contributed by atoms with Crippen molar-refractivity contribution in [3.8, 4) is 0 Å². The molecule has 0 bridgehead atoms. The lowest BCUT2D eigenvalue weighted by molar-refractivity contribution is -0.137. The van der Waals surface area contributed by atoms with E-state index in [-0.39, 0.29) is 24.5 Å². The lowest BCUT2D eigenvalue weighted by atomic mass is 10.1. The number of hydrogen-bond acceptors (Lipinski definition) is 2. The fourth-order valence-electron chi connectivity index (χ4n) is 2.43. The number of aliphatic carboxylic acids is 1. The molecule has 2 amide bonds. The molecule has 0 spiro atoms. The quantitative estimate of drug-likeness (QED) is 0.789. The molecule has 1 aliphatic rings. The van der Waals surface area contributed by atoms with Gasteiger partial charge in [-0.05, 0) is 31.1 Å². The van der Waals surface area contributed by atoms with E-state index < -0.39 is 5.97 Å². The van der Waals surface area contributed by atoms with Crippen molar-refractivity contribution in [3.05, 3.63) is 0 Å². The Balaban J connectivity index is 2.50. The minimum atomic E-state index is -0.967. The van der Waals surface area contributed by atoms with Gasteiger partial charge in [-0.1, -0.05) is 20.8 Å². The van der Waals surface area contributed by atoms with Crippen molar-refractivity contribution >= 4 is 12.0 Å². The molecule has 0 radical (unpaired) electrons. The van der Waals surface area contributed by atoms with Gasteiger partial charge in [-0.15, -0.1) is 0 Å². The van der Waals surface area contributed by atoms with Crippen LogP contribution in [-0.2, 0) is 4.79 Å². The van der Waals surface area contributed by atoms with E-state index in [1.54, 1.807) is 0 Å². The molecule has 104 valence electrons. The molecule has 0 aromatic rings. The highest BCUT2D eigenvalue weighted by Crippen LogP contribution is 2.24. The summed E-state index contributed by atoms with van der Waals surface area (Å²) >= 11 is 0. The number of nitrogens with zero attached hydrogens (tertiary/aromatic N) is 1. The van der Waals surface area contributed by atoms with Gasteiger partial charge < -0.3 is 15.3 Å². The summed E-state index contributed by atoms with van der Waals surface area (Å²) in [5.74, 6) is -0.0588. The molecule has 2 unspecified atom stereocenters. The zero-order chi connectivity index (χ0) is 13.7. The van der Waals surface area contributed by atoms with Crippen LogP contribution in [-0.4, -0.2) is 41.1 Å². The Bertz CT molecular complexity index is 305. The van der Waals surface area contributed by atoms with E-state index in [0.717, 1.165) is 19.3 Å². The minimum absolute atomic E-state index is 0.205. The molecule has 0 saturated heterocycles. The first-order valence-electron chi connectivity index (χ1n) is 6.65. The van der Waals surface area contributed by atoms with Crippen LogP contribution in [0.4, 0.5) is 4.79 Å². The van der Waals surface area contributed by atoms with E-state index in [0.29, 0.717) is 12.5 Å². The highest BCUT2D eigenvalue weighted by molar-refractivity contribution is 5.80. The summed E-state index contributed by atoms with van der Waals surface area (Å²) in [4.78, 5) is 24.2. The van der Waals surface area contributed by atoms with Gasteiger partial charge in [0.25, 0.3) is 0 Å². The van der Waals surface area contributed by atoms with Crippen LogP contribution in [0.5, 0.6) is 0 Å². The Labute approximate surface area is 109 Å². The molecule has 0 heterocycles. The predicted molar refractivity (Wildman–Crippen MR) is 69.4 cm³/mol. The van der Waals surface area contributed by atoms with E-state index in [2.05, 4.69) is 12.2 Å². The first-order valence-corrected chi connectivity index (χ1v) is 6.65. The molecule has 18 heavy (non-hydrogen) atoms. The maximum absolute atomic E-state index is 12.0. The Morgan fingerprint density at radius 1 is 1.39 bits per heavy atom. The van der Waals surface area contributed by atoms with Crippen molar-refractivity contribution in [2.75, 3.05) is 13.1 Å². The van der Waals surface area contributed by atoms with Gasteiger partial charge in [0.05, 0.1) is 0 Å². The standard InChI is InChI=1S/C13H24N2O3/c1-9(2)7-15(8-12(16)17)13(18)14-11-5-4-10(3)6-11/h9-11H,4-8H2,1-3H3,(H,14,18)(H,16,17). The van der Waals surface area contributed by atoms with E-state index in [1.165, 1.54) is 4.90 Å². The lowest BCUT2D eigenvalue weighted by Crippen LogP contribution is -2.47. The van der Waals surface area contributed by atoms with Gasteiger partial charge >= 0.3 is 12.0 Å². The van der Waals surface area contributed by atoms with Gasteiger partial charge in [-0.2, -0.15) is 0 Å². The maximum Gasteiger partial charge on any atom is 0.323 e. The minimum Gasteiger partial charge on any atom is -0.480 e. The van der Waals surface area contributed by atoms with E-state index >= 15 is 0 Å². The summed E-state index contributed by atoms with van der Waals surface area (Å²) in [5.41, 5.74) is 0. The van der Waals surface area contributed by atoms with Crippen LogP contribution in [0, 0.1) is 11.8 Å². The molecule has 0 aliphatic heterocycles. The molecule has 2 atom stereocenters. The van der Waals surface area contributed by atoms with Crippen LogP contribution in [0.15, 0.2) is 0 Å². The SMILES string of the molecule is CC(C)CN(CC(=O)O)C(=O)NC1CCC(C)C1. The third-order valence-corrected chi connectivity index (χ3v) is 3.22. The third kappa shape index (κ3) is 4.94. The molecule has 1 fully saturated rings. The van der Waals surface area contributed by atoms with Crippen LogP contribution in [0.3, 0.4) is 0 Å². The topological polar surface area (TPSA) is 69.6 Å². The molecule has 2 N–H and O–H groups in total. The number of amides is 2. The lowest BCUT2D eigenvalue weighted by Gasteiger charge is -2.25. The monoisotopic (exact) mass is 256 g/mol. The van der Waals surface area contributed by atoms with Gasteiger partial charge in [0.15, 0.2) is 0 Å². The number of nitrogens with one attached hydrogen (secondary N) is 1. The highest BCUT2D eigenvalue weighted by atomic mass is 16.4. The van der Waals surface area contributed by atoms with Crippen molar-refractivity contribution in [3.63, 3.8) is 0 Å². The van der Waals surface area contributed by atoms with Gasteiger partial charge in [0.1, 0.15) is 6.54 Å². The Morgan fingerprint density at radius 3 is 2.50 bits per heavy atom. The molecule has 0 aromatic carbocycles. The van der Waals surface area contributed by atoms with Crippen LogP contribution in [0.25, 0.3) is 0 Å². The van der Waals surface area contributed by atoms with Crippen molar-refractivity contribution in [1.82, 2.24) is 10.2 Å². The molecule has 1 saturated carbocycles. The van der Waals surface area contributed by atoms with Crippen molar-refractivity contribution in [2.45, 2.75) is 46.1 Å². The van der Waals surface area contributed by atoms with Crippen molar-refractivity contribution in [1.29, 1.82) is 0 Å². The molecule has 5 heteroatoms. The molecular formula is C13H24N2O3. The number of hydrogen-bond donors (Lipinski definition) is 2. The van der Waals surface area contributed by atoms with Crippen LogP contribution in [0.1, 0.15) is 40.0 Å². The van der Waals surface area contributed by atoms with E-state index in [4.69, 9.17) is 5.11 Å². The van der Waals surface area contributed by atoms with Gasteiger partial charge in [-0.3, -0.25) is 4.79 Å². The normalized spacial score (nSPS) is 23.1. The van der Waals surface area contributed by atoms with E-state index in [1.807, 2.05) is 13.8 Å². The molecule has 5 nitrogen and oxygen atoms in total. The van der Waals surface area contributed by atoms with Crippen molar-refractivity contribution < 1.29 is 14.7 Å². The number of carbonyl (C=O) groups excluding carboxylic acids is 1. The van der Waals surface area contributed by atoms with Gasteiger partial charge in [0.2, 0.25) is 0 Å². The molecular weight excluding hydrogens is 232 g/mol. The molecule has 1 aliphatic carbocycles. The first kappa shape index (κ1) is 14.8. The van der Waals surface area contributed by atoms with Gasteiger partial charge in [0, 0.05) is 12.6 Å². The second kappa shape index (κ2) is 6.61. The largest absolute Gasteiger partial charge is 0.480 e. The Hall–Kier alpha value is -1.26. The number of carbonyl (C=O) groups is 2. The zero-order valence-electron chi connectivity index (χ0n) is 11.5. The summed E-state index contributed by atoms with van der Waals surface area (Å²) in [6, 6.07) is -0.0406. The Morgan fingerprint density at radius 2 is 2.06 bits per heavy atom. The van der Waals surface area contributed by atoms with Crippen LogP contribution >= 0.6 is 0 Å². The van der Waals surface area contributed by atoms with Crippen molar-refractivity contribution in [2.24, 2.45) is 11.8 Å². The summed E-state index contributed by atoms with van der Waals surface area (Å²) in [5, 5.41) is 11.8. The van der Waals surface area contributed by atoms with E-state index in [9.17, 15) is 9.59 Å². The average molecular weight is 256 g/mol. The number of carboxylic acids is 1. The highest BCUT2D eigenvalue weighted by Gasteiger charge is 2.25. The number of urea groups is 1. The van der Waals surface area contributed by atoms with Gasteiger partial charge in [-0.25, -0.2) is 4.79 Å². The Kier molecular flexibility index (Phi) is 5.44. The van der Waals surface area contributed by atoms with Crippen LogP contribution in [0.2, 0.25) is 0 Å². The smallest absolute Gasteiger partial charge is 0.323 e. The predicted octanol–water partition coefficient (Wildman–Crippen LogP) is 1.93. The average Bonchev–Trinajstić information content (AvgIpc) is 2.61. The number of carboxylic acid groups (broad SMARTS) is 1. The summed E-state index contributed by atoms with van der Waals surface area (Å²) in [6.07, 6.45) is 3.12.